The number of hydrogen-bond donors (Lipinski definition) is 1. The molecule has 106 valence electrons. The maximum atomic E-state index is 3.65. The van der Waals surface area contributed by atoms with E-state index in [-0.39, 0.29) is 0 Å². The topological polar surface area (TPSA) is 15.3 Å². The molecule has 1 aromatic rings. The summed E-state index contributed by atoms with van der Waals surface area (Å²) in [4.78, 5) is 2.58. The molecule has 0 aromatic heterocycles. The summed E-state index contributed by atoms with van der Waals surface area (Å²) in [7, 11) is 0. The van der Waals surface area contributed by atoms with Crippen LogP contribution in [0.25, 0.3) is 0 Å². The van der Waals surface area contributed by atoms with Gasteiger partial charge in [-0.1, -0.05) is 37.9 Å². The molecule has 0 aliphatic carbocycles. The van der Waals surface area contributed by atoms with Gasteiger partial charge in [0.15, 0.2) is 0 Å². The first kappa shape index (κ1) is 15.5. The zero-order chi connectivity index (χ0) is 13.8. The van der Waals surface area contributed by atoms with Crippen LogP contribution in [-0.4, -0.2) is 30.6 Å². The largest absolute Gasteiger partial charge is 0.309 e. The molecule has 0 amide bonds. The Bertz CT molecular complexity index is 417. The number of rotatable bonds is 5. The summed E-state index contributed by atoms with van der Waals surface area (Å²) in [5.41, 5.74) is 1.32. The Morgan fingerprint density at radius 2 is 1.89 bits per heavy atom. The van der Waals surface area contributed by atoms with E-state index in [1.807, 2.05) is 0 Å². The van der Waals surface area contributed by atoms with Gasteiger partial charge in [0.25, 0.3) is 0 Å². The summed E-state index contributed by atoms with van der Waals surface area (Å²) in [6.07, 6.45) is 2.72. The lowest BCUT2D eigenvalue weighted by molar-refractivity contribution is 0.247. The summed E-state index contributed by atoms with van der Waals surface area (Å²) in [6.45, 7) is 8.12. The normalized spacial score (nSPS) is 19.6. The predicted molar refractivity (Wildman–Crippen MR) is 88.5 cm³/mol. The van der Waals surface area contributed by atoms with Crippen molar-refractivity contribution in [2.75, 3.05) is 19.6 Å². The molecule has 1 heterocycles. The lowest BCUT2D eigenvalue weighted by atomic mass is 10.1. The molecular formula is C15H22Br2N2. The van der Waals surface area contributed by atoms with Crippen LogP contribution in [0.4, 0.5) is 0 Å². The van der Waals surface area contributed by atoms with Gasteiger partial charge >= 0.3 is 0 Å². The second-order valence-electron chi connectivity index (χ2n) is 5.39. The number of hydrogen-bond acceptors (Lipinski definition) is 2. The minimum atomic E-state index is 0.368. The standard InChI is InChI=1S/C15H22Br2N2/c1-11(19-7-3-4-8-19)10-18-12(2)14-6-5-13(16)9-15(14)17/h5-6,9,11-12,18H,3-4,7-8,10H2,1-2H3. The van der Waals surface area contributed by atoms with E-state index < -0.39 is 0 Å². The molecule has 2 rings (SSSR count). The van der Waals surface area contributed by atoms with Gasteiger partial charge < -0.3 is 5.32 Å². The summed E-state index contributed by atoms with van der Waals surface area (Å²) < 4.78 is 2.27. The molecular weight excluding hydrogens is 368 g/mol. The fourth-order valence-corrected chi connectivity index (χ4v) is 4.01. The summed E-state index contributed by atoms with van der Waals surface area (Å²) in [5, 5.41) is 3.65. The Kier molecular flexibility index (Phi) is 5.87. The van der Waals surface area contributed by atoms with Crippen LogP contribution in [0.1, 0.15) is 38.3 Å². The van der Waals surface area contributed by atoms with Crippen LogP contribution in [0.2, 0.25) is 0 Å². The summed E-state index contributed by atoms with van der Waals surface area (Å²) in [6, 6.07) is 7.37. The zero-order valence-corrected chi connectivity index (χ0v) is 14.8. The van der Waals surface area contributed by atoms with Crippen molar-refractivity contribution in [1.82, 2.24) is 10.2 Å². The quantitative estimate of drug-likeness (QED) is 0.805. The lowest BCUT2D eigenvalue weighted by Gasteiger charge is -2.26. The van der Waals surface area contributed by atoms with Crippen molar-refractivity contribution in [3.8, 4) is 0 Å². The average Bonchev–Trinajstić information content (AvgIpc) is 2.89. The third-order valence-corrected chi connectivity index (χ3v) is 5.09. The van der Waals surface area contributed by atoms with Crippen molar-refractivity contribution in [3.63, 3.8) is 0 Å². The van der Waals surface area contributed by atoms with Crippen molar-refractivity contribution in [3.05, 3.63) is 32.7 Å². The third kappa shape index (κ3) is 4.28. The molecule has 1 aliphatic rings. The first-order valence-corrected chi connectivity index (χ1v) is 8.59. The fraction of sp³-hybridized carbons (Fsp3) is 0.600. The highest BCUT2D eigenvalue weighted by Gasteiger charge is 2.18. The van der Waals surface area contributed by atoms with Crippen LogP contribution in [0.5, 0.6) is 0 Å². The number of nitrogens with one attached hydrogen (secondary N) is 1. The van der Waals surface area contributed by atoms with Crippen molar-refractivity contribution >= 4 is 31.9 Å². The van der Waals surface area contributed by atoms with Gasteiger partial charge in [0.2, 0.25) is 0 Å². The molecule has 4 heteroatoms. The summed E-state index contributed by atoms with van der Waals surface area (Å²) >= 11 is 7.14. The Labute approximate surface area is 133 Å². The molecule has 1 saturated heterocycles. The van der Waals surface area contributed by atoms with Crippen molar-refractivity contribution in [2.45, 2.75) is 38.8 Å². The SMILES string of the molecule is CC(NCC(C)N1CCCC1)c1ccc(Br)cc1Br. The monoisotopic (exact) mass is 388 g/mol. The van der Waals surface area contributed by atoms with Crippen LogP contribution < -0.4 is 5.32 Å². The minimum Gasteiger partial charge on any atom is -0.309 e. The molecule has 1 aromatic carbocycles. The number of nitrogens with zero attached hydrogens (tertiary/aromatic N) is 1. The van der Waals surface area contributed by atoms with Crippen LogP contribution in [0, 0.1) is 0 Å². The van der Waals surface area contributed by atoms with Crippen LogP contribution in [-0.2, 0) is 0 Å². The molecule has 1 aliphatic heterocycles. The maximum absolute atomic E-state index is 3.65. The number of likely N-dealkylation sites (tertiary alicyclic amines) is 1. The van der Waals surface area contributed by atoms with Gasteiger partial charge in [-0.2, -0.15) is 0 Å². The highest BCUT2D eigenvalue weighted by atomic mass is 79.9. The van der Waals surface area contributed by atoms with E-state index in [4.69, 9.17) is 0 Å². The van der Waals surface area contributed by atoms with Gasteiger partial charge in [-0.05, 0) is 57.5 Å². The van der Waals surface area contributed by atoms with E-state index in [1.165, 1.54) is 31.5 Å². The van der Waals surface area contributed by atoms with E-state index in [2.05, 4.69) is 74.1 Å². The maximum Gasteiger partial charge on any atom is 0.0303 e. The van der Waals surface area contributed by atoms with E-state index in [1.54, 1.807) is 0 Å². The molecule has 2 unspecified atom stereocenters. The van der Waals surface area contributed by atoms with Crippen molar-refractivity contribution in [2.24, 2.45) is 0 Å². The zero-order valence-electron chi connectivity index (χ0n) is 11.6. The average molecular weight is 390 g/mol. The molecule has 1 fully saturated rings. The van der Waals surface area contributed by atoms with Crippen LogP contribution in [0.3, 0.4) is 0 Å². The molecule has 0 radical (unpaired) electrons. The van der Waals surface area contributed by atoms with E-state index in [0.717, 1.165) is 15.5 Å². The Hall–Kier alpha value is 0.1000. The second-order valence-corrected chi connectivity index (χ2v) is 7.16. The van der Waals surface area contributed by atoms with E-state index in [9.17, 15) is 0 Å². The Morgan fingerprint density at radius 3 is 2.53 bits per heavy atom. The van der Waals surface area contributed by atoms with Gasteiger partial charge in [-0.15, -0.1) is 0 Å². The highest BCUT2D eigenvalue weighted by molar-refractivity contribution is 9.11. The third-order valence-electron chi connectivity index (χ3n) is 3.91. The van der Waals surface area contributed by atoms with E-state index >= 15 is 0 Å². The van der Waals surface area contributed by atoms with Gasteiger partial charge in [0, 0.05) is 27.6 Å². The second kappa shape index (κ2) is 7.21. The molecule has 2 atom stereocenters. The van der Waals surface area contributed by atoms with Gasteiger partial charge in [0.05, 0.1) is 0 Å². The molecule has 19 heavy (non-hydrogen) atoms. The first-order valence-electron chi connectivity index (χ1n) is 7.00. The van der Waals surface area contributed by atoms with Crippen molar-refractivity contribution in [1.29, 1.82) is 0 Å². The predicted octanol–water partition coefficient (Wildman–Crippen LogP) is 4.35. The smallest absolute Gasteiger partial charge is 0.0303 e. The number of halogens is 2. The molecule has 0 saturated carbocycles. The molecule has 2 nitrogen and oxygen atoms in total. The molecule has 0 spiro atoms. The van der Waals surface area contributed by atoms with Crippen molar-refractivity contribution < 1.29 is 0 Å². The van der Waals surface area contributed by atoms with Gasteiger partial charge in [-0.3, -0.25) is 4.90 Å². The Morgan fingerprint density at radius 1 is 1.21 bits per heavy atom. The van der Waals surface area contributed by atoms with Gasteiger partial charge in [0.1, 0.15) is 0 Å². The van der Waals surface area contributed by atoms with Crippen LogP contribution >= 0.6 is 31.9 Å². The first-order chi connectivity index (χ1) is 9.08. The summed E-state index contributed by atoms with van der Waals surface area (Å²) in [5.74, 6) is 0. The highest BCUT2D eigenvalue weighted by Crippen LogP contribution is 2.26. The fourth-order valence-electron chi connectivity index (χ4n) is 2.62. The minimum absolute atomic E-state index is 0.368. The molecule has 0 bridgehead atoms. The van der Waals surface area contributed by atoms with Gasteiger partial charge in [-0.25, -0.2) is 0 Å². The van der Waals surface area contributed by atoms with Crippen LogP contribution in [0.15, 0.2) is 27.1 Å². The van der Waals surface area contributed by atoms with E-state index in [0.29, 0.717) is 12.1 Å². The molecule has 1 N–H and O–H groups in total. The lowest BCUT2D eigenvalue weighted by Crippen LogP contribution is -2.39. The number of benzene rings is 1. The Balaban J connectivity index is 1.88.